The van der Waals surface area contributed by atoms with Crippen molar-refractivity contribution in [2.24, 2.45) is 0 Å². The fourth-order valence-corrected chi connectivity index (χ4v) is 2.46. The lowest BCUT2D eigenvalue weighted by Crippen LogP contribution is -2.69. The molecule has 1 atom stereocenters. The highest BCUT2D eigenvalue weighted by atomic mass is 79.9. The van der Waals surface area contributed by atoms with Crippen LogP contribution in [-0.2, 0) is 9.53 Å². The topological polar surface area (TPSA) is 90.8 Å². The van der Waals surface area contributed by atoms with Crippen LogP contribution in [0.2, 0.25) is 0 Å². The van der Waals surface area contributed by atoms with Crippen molar-refractivity contribution in [2.45, 2.75) is 11.8 Å². The van der Waals surface area contributed by atoms with Crippen LogP contribution in [0.4, 0.5) is 19.0 Å². The van der Waals surface area contributed by atoms with Crippen LogP contribution in [0, 0.1) is 0 Å². The number of amides is 1. The van der Waals surface area contributed by atoms with E-state index in [0.29, 0.717) is 10.2 Å². The fraction of sp³-hybridized carbons (Fsp3) is 0.235. The summed E-state index contributed by atoms with van der Waals surface area (Å²) in [6.07, 6.45) is -3.88. The van der Waals surface area contributed by atoms with Crippen molar-refractivity contribution in [3.05, 3.63) is 52.6 Å². The number of esters is 1. The molecule has 0 unspecified atom stereocenters. The Balaban J connectivity index is 2.44. The van der Waals surface area contributed by atoms with E-state index in [1.165, 1.54) is 49.7 Å². The van der Waals surface area contributed by atoms with Crippen LogP contribution in [-0.4, -0.2) is 37.9 Å². The second-order valence-corrected chi connectivity index (χ2v) is 6.38. The van der Waals surface area contributed by atoms with Gasteiger partial charge in [0.15, 0.2) is 0 Å². The summed E-state index contributed by atoms with van der Waals surface area (Å²) in [5, 5.41) is 3.72. The number of hydrogen-bond donors (Lipinski definition) is 2. The summed E-state index contributed by atoms with van der Waals surface area (Å²) >= 11 is 3.14. The van der Waals surface area contributed by atoms with Gasteiger partial charge in [-0.2, -0.15) is 13.2 Å². The third-order valence-corrected chi connectivity index (χ3v) is 4.16. The van der Waals surface area contributed by atoms with E-state index in [2.05, 4.69) is 25.7 Å². The summed E-state index contributed by atoms with van der Waals surface area (Å²) in [6.45, 7) is 0. The predicted molar refractivity (Wildman–Crippen MR) is 95.6 cm³/mol. The maximum absolute atomic E-state index is 14.0. The summed E-state index contributed by atoms with van der Waals surface area (Å²) in [5.41, 5.74) is -3.64. The molecule has 11 heteroatoms. The van der Waals surface area contributed by atoms with Crippen molar-refractivity contribution in [1.82, 2.24) is 5.32 Å². The van der Waals surface area contributed by atoms with Crippen molar-refractivity contribution in [3.8, 4) is 5.75 Å². The zero-order valence-electron chi connectivity index (χ0n) is 14.7. The number of H-pyrrole nitrogens is 1. The molecular formula is C17H16BrF3N3O4+. The van der Waals surface area contributed by atoms with Crippen molar-refractivity contribution >= 4 is 33.6 Å². The normalized spacial score (nSPS) is 13.2. The first-order valence-corrected chi connectivity index (χ1v) is 8.49. The summed E-state index contributed by atoms with van der Waals surface area (Å²) in [7, 11) is 2.19. The molecule has 0 aliphatic carbocycles. The van der Waals surface area contributed by atoms with Crippen molar-refractivity contribution < 1.29 is 37.2 Å². The van der Waals surface area contributed by atoms with Crippen molar-refractivity contribution in [3.63, 3.8) is 0 Å². The molecule has 0 radical (unpaired) electrons. The Hall–Kier alpha value is -2.82. The number of methoxy groups -OCH3 is 2. The molecular weight excluding hydrogens is 447 g/mol. The molecule has 0 aliphatic heterocycles. The van der Waals surface area contributed by atoms with Crippen LogP contribution in [0.5, 0.6) is 5.75 Å². The smallest absolute Gasteiger partial charge is 0.464 e. The maximum Gasteiger partial charge on any atom is 0.464 e. The first-order chi connectivity index (χ1) is 13.1. The highest BCUT2D eigenvalue weighted by Crippen LogP contribution is 2.32. The quantitative estimate of drug-likeness (QED) is 0.508. The van der Waals surface area contributed by atoms with Gasteiger partial charge in [0.25, 0.3) is 11.7 Å². The number of alkyl halides is 3. The average molecular weight is 463 g/mol. The van der Waals surface area contributed by atoms with Gasteiger partial charge in [-0.3, -0.25) is 10.1 Å². The zero-order chi connectivity index (χ0) is 20.9. The first kappa shape index (κ1) is 21.5. The van der Waals surface area contributed by atoms with Crippen LogP contribution >= 0.6 is 15.9 Å². The van der Waals surface area contributed by atoms with Gasteiger partial charge in [0.2, 0.25) is 0 Å². The van der Waals surface area contributed by atoms with E-state index in [1.807, 2.05) is 5.32 Å². The fourth-order valence-electron chi connectivity index (χ4n) is 2.21. The predicted octanol–water partition coefficient (Wildman–Crippen LogP) is 2.55. The number of halogens is 4. The number of aromatic nitrogens is 1. The lowest BCUT2D eigenvalue weighted by Gasteiger charge is -2.30. The number of carbonyl (C=O) groups excluding carboxylic acids is 2. The number of ether oxygens (including phenoxy) is 2. The molecule has 7 nitrogen and oxygen atoms in total. The van der Waals surface area contributed by atoms with Gasteiger partial charge in [0.1, 0.15) is 11.9 Å². The van der Waals surface area contributed by atoms with Gasteiger partial charge in [-0.25, -0.2) is 15.1 Å². The lowest BCUT2D eigenvalue weighted by atomic mass is 10.1. The second kappa shape index (κ2) is 8.46. The molecule has 1 heterocycles. The van der Waals surface area contributed by atoms with E-state index >= 15 is 0 Å². The third kappa shape index (κ3) is 4.53. The Kier molecular flexibility index (Phi) is 6.49. The van der Waals surface area contributed by atoms with Gasteiger partial charge in [-0.15, -0.1) is 0 Å². The zero-order valence-corrected chi connectivity index (χ0v) is 16.3. The summed E-state index contributed by atoms with van der Waals surface area (Å²) in [5.74, 6) is -2.65. The Morgan fingerprint density at radius 3 is 2.18 bits per heavy atom. The Labute approximate surface area is 166 Å². The van der Waals surface area contributed by atoms with Crippen LogP contribution in [0.1, 0.15) is 10.4 Å². The van der Waals surface area contributed by atoms with Gasteiger partial charge >= 0.3 is 17.8 Å². The van der Waals surface area contributed by atoms with Gasteiger partial charge in [-0.05, 0) is 46.3 Å². The number of anilines is 1. The first-order valence-electron chi connectivity index (χ1n) is 7.70. The minimum Gasteiger partial charge on any atom is -0.497 e. The maximum atomic E-state index is 14.0. The third-order valence-electron chi connectivity index (χ3n) is 3.67. The van der Waals surface area contributed by atoms with Crippen LogP contribution in [0.15, 0.2) is 47.1 Å². The largest absolute Gasteiger partial charge is 0.497 e. The van der Waals surface area contributed by atoms with E-state index < -0.39 is 23.7 Å². The molecule has 0 saturated heterocycles. The minimum atomic E-state index is -5.23. The van der Waals surface area contributed by atoms with Crippen LogP contribution in [0.3, 0.4) is 0 Å². The molecule has 0 aliphatic rings. The minimum absolute atomic E-state index is 0.111. The van der Waals surface area contributed by atoms with Gasteiger partial charge in [-0.1, -0.05) is 0 Å². The van der Waals surface area contributed by atoms with Crippen molar-refractivity contribution in [2.75, 3.05) is 19.5 Å². The molecule has 28 heavy (non-hydrogen) atoms. The molecule has 1 aromatic carbocycles. The molecule has 2 aromatic rings. The number of nitrogens with one attached hydrogen (secondary N) is 3. The number of rotatable bonds is 6. The molecule has 1 amide bonds. The number of pyridine rings is 1. The van der Waals surface area contributed by atoms with Gasteiger partial charge in [0.05, 0.1) is 18.7 Å². The van der Waals surface area contributed by atoms with E-state index in [0.717, 1.165) is 7.11 Å². The lowest BCUT2D eigenvalue weighted by molar-refractivity contribution is -0.363. The monoisotopic (exact) mass is 462 g/mol. The Morgan fingerprint density at radius 2 is 1.71 bits per heavy atom. The molecule has 0 fully saturated rings. The van der Waals surface area contributed by atoms with E-state index in [4.69, 9.17) is 4.74 Å². The standard InChI is InChI=1S/C17H15BrF3N3O4/c1-27-12-6-3-10(4-7-12)14(25)24-16(15(26)28-2,17(19,20)21)23-13-8-5-11(18)9-22-13/h3-9H,1-2H3,(H,22,23)(H,24,25)/p+1/t16-/m0/s1. The van der Waals surface area contributed by atoms with E-state index in [1.54, 1.807) is 5.32 Å². The Morgan fingerprint density at radius 1 is 1.07 bits per heavy atom. The molecule has 0 bridgehead atoms. The SMILES string of the molecule is COC(=O)[C@@](NC(=O)c1ccc(OC)cc1)(Nc1ccc(Br)c[nH+]1)C(F)(F)F. The number of benzene rings is 1. The van der Waals surface area contributed by atoms with Crippen LogP contribution in [0.25, 0.3) is 0 Å². The highest BCUT2D eigenvalue weighted by Gasteiger charge is 2.67. The highest BCUT2D eigenvalue weighted by molar-refractivity contribution is 9.10. The number of carbonyl (C=O) groups is 2. The average Bonchev–Trinajstić information content (AvgIpc) is 2.67. The van der Waals surface area contributed by atoms with E-state index in [-0.39, 0.29) is 11.4 Å². The molecule has 2 rings (SSSR count). The second-order valence-electron chi connectivity index (χ2n) is 5.47. The molecule has 3 N–H and O–H groups in total. The summed E-state index contributed by atoms with van der Waals surface area (Å²) in [6, 6.07) is 8.03. The van der Waals surface area contributed by atoms with Gasteiger partial charge in [0, 0.05) is 11.6 Å². The van der Waals surface area contributed by atoms with E-state index in [9.17, 15) is 22.8 Å². The molecule has 0 spiro atoms. The van der Waals surface area contributed by atoms with Gasteiger partial charge < -0.3 is 9.47 Å². The molecule has 1 aromatic heterocycles. The number of hydrogen-bond acceptors (Lipinski definition) is 5. The summed E-state index contributed by atoms with van der Waals surface area (Å²) < 4.78 is 51.7. The molecule has 150 valence electrons. The van der Waals surface area contributed by atoms with Crippen LogP contribution < -0.4 is 20.4 Å². The number of aromatic amines is 1. The van der Waals surface area contributed by atoms with Crippen molar-refractivity contribution in [1.29, 1.82) is 0 Å². The summed E-state index contributed by atoms with van der Waals surface area (Å²) in [4.78, 5) is 27.1. The molecule has 0 saturated carbocycles. The Bertz CT molecular complexity index is 844.